The Morgan fingerprint density at radius 1 is 0.682 bits per heavy atom. The van der Waals surface area contributed by atoms with Crippen molar-refractivity contribution in [2.45, 2.75) is 6.61 Å². The van der Waals surface area contributed by atoms with E-state index in [4.69, 9.17) is 4.74 Å². The Morgan fingerprint density at radius 2 is 1.41 bits per heavy atom. The number of hydrogen-bond acceptors (Lipinski definition) is 1. The van der Waals surface area contributed by atoms with Crippen molar-refractivity contribution in [2.75, 3.05) is 0 Å². The maximum absolute atomic E-state index is 13.3. The molecule has 3 rings (SSSR count). The first-order valence-corrected chi connectivity index (χ1v) is 6.94. The van der Waals surface area contributed by atoms with Gasteiger partial charge in [-0.05, 0) is 41.0 Å². The van der Waals surface area contributed by atoms with Gasteiger partial charge in [0.25, 0.3) is 0 Å². The van der Waals surface area contributed by atoms with E-state index in [2.05, 4.69) is 0 Å². The van der Waals surface area contributed by atoms with Crippen LogP contribution < -0.4 is 4.74 Å². The zero-order valence-electron chi connectivity index (χ0n) is 11.8. The van der Waals surface area contributed by atoms with Gasteiger partial charge in [-0.25, -0.2) is 8.78 Å². The number of halogens is 2. The highest BCUT2D eigenvalue weighted by Crippen LogP contribution is 2.25. The average molecular weight is 296 g/mol. The highest BCUT2D eigenvalue weighted by molar-refractivity contribution is 5.65. The lowest BCUT2D eigenvalue weighted by atomic mass is 10.1. The Hall–Kier alpha value is -2.68. The first-order valence-electron chi connectivity index (χ1n) is 6.94. The summed E-state index contributed by atoms with van der Waals surface area (Å²) in [6.45, 7) is 0.446. The summed E-state index contributed by atoms with van der Waals surface area (Å²) < 4.78 is 32.4. The highest BCUT2D eigenvalue weighted by Gasteiger charge is 2.05. The summed E-state index contributed by atoms with van der Waals surface area (Å²) in [7, 11) is 0. The second-order valence-corrected chi connectivity index (χ2v) is 4.96. The minimum Gasteiger partial charge on any atom is -0.489 e. The molecule has 0 aromatic heterocycles. The third-order valence-corrected chi connectivity index (χ3v) is 3.28. The van der Waals surface area contributed by atoms with Gasteiger partial charge >= 0.3 is 0 Å². The van der Waals surface area contributed by atoms with Gasteiger partial charge in [0, 0.05) is 6.07 Å². The fourth-order valence-corrected chi connectivity index (χ4v) is 2.23. The molecule has 0 aliphatic carbocycles. The summed E-state index contributed by atoms with van der Waals surface area (Å²) in [5.74, 6) is -0.526. The van der Waals surface area contributed by atoms with E-state index in [-0.39, 0.29) is 0 Å². The minimum atomic E-state index is -0.592. The molecule has 110 valence electrons. The first kappa shape index (κ1) is 14.3. The maximum atomic E-state index is 13.3. The van der Waals surface area contributed by atoms with Crippen molar-refractivity contribution in [3.63, 3.8) is 0 Å². The fraction of sp³-hybridized carbons (Fsp3) is 0.0526. The smallest absolute Gasteiger partial charge is 0.126 e. The van der Waals surface area contributed by atoms with Gasteiger partial charge in [0.05, 0.1) is 0 Å². The summed E-state index contributed by atoms with van der Waals surface area (Å²) in [6.07, 6.45) is 0. The molecule has 0 bridgehead atoms. The van der Waals surface area contributed by atoms with Crippen LogP contribution in [0.1, 0.15) is 5.56 Å². The Labute approximate surface area is 127 Å². The lowest BCUT2D eigenvalue weighted by molar-refractivity contribution is 0.306. The van der Waals surface area contributed by atoms with Gasteiger partial charge in [-0.15, -0.1) is 0 Å². The largest absolute Gasteiger partial charge is 0.489 e. The number of ether oxygens (including phenoxy) is 1. The summed E-state index contributed by atoms with van der Waals surface area (Å²) >= 11 is 0. The zero-order chi connectivity index (χ0) is 15.4. The van der Waals surface area contributed by atoms with Gasteiger partial charge in [-0.3, -0.25) is 0 Å². The number of hydrogen-bond donors (Lipinski definition) is 0. The third kappa shape index (κ3) is 3.50. The van der Waals surface area contributed by atoms with Gasteiger partial charge in [0.2, 0.25) is 0 Å². The van der Waals surface area contributed by atoms with Crippen LogP contribution in [0.15, 0.2) is 72.8 Å². The molecule has 0 fully saturated rings. The van der Waals surface area contributed by atoms with Crippen molar-refractivity contribution < 1.29 is 13.5 Å². The van der Waals surface area contributed by atoms with Gasteiger partial charge in [-0.2, -0.15) is 0 Å². The summed E-state index contributed by atoms with van der Waals surface area (Å²) in [5.41, 5.74) is 2.26. The molecule has 0 amide bonds. The average Bonchev–Trinajstić information content (AvgIpc) is 2.53. The minimum absolute atomic E-state index is 0.446. The Balaban J connectivity index is 1.80. The third-order valence-electron chi connectivity index (χ3n) is 3.28. The molecule has 0 saturated heterocycles. The van der Waals surface area contributed by atoms with E-state index in [1.807, 2.05) is 36.4 Å². The van der Waals surface area contributed by atoms with Crippen LogP contribution in [-0.4, -0.2) is 0 Å². The van der Waals surface area contributed by atoms with E-state index in [1.54, 1.807) is 18.2 Å². The van der Waals surface area contributed by atoms with Crippen molar-refractivity contribution in [3.05, 3.63) is 90.0 Å². The van der Waals surface area contributed by atoms with E-state index in [0.717, 1.165) is 11.6 Å². The molecular formula is C19H14F2O. The van der Waals surface area contributed by atoms with Crippen molar-refractivity contribution in [1.82, 2.24) is 0 Å². The van der Waals surface area contributed by atoms with Crippen molar-refractivity contribution in [3.8, 4) is 16.9 Å². The molecule has 0 radical (unpaired) electrons. The van der Waals surface area contributed by atoms with Crippen LogP contribution in [-0.2, 0) is 6.61 Å². The molecule has 0 heterocycles. The lowest BCUT2D eigenvalue weighted by Gasteiger charge is -2.09. The van der Waals surface area contributed by atoms with E-state index in [1.165, 1.54) is 12.1 Å². The molecular weight excluding hydrogens is 282 g/mol. The quantitative estimate of drug-likeness (QED) is 0.642. The molecule has 3 aromatic rings. The molecule has 22 heavy (non-hydrogen) atoms. The second kappa shape index (κ2) is 6.39. The van der Waals surface area contributed by atoms with E-state index >= 15 is 0 Å². The number of benzene rings is 3. The Bertz CT molecular complexity index is 749. The molecule has 0 N–H and O–H groups in total. The zero-order valence-corrected chi connectivity index (χ0v) is 11.8. The topological polar surface area (TPSA) is 9.23 Å². The maximum Gasteiger partial charge on any atom is 0.126 e. The molecule has 0 unspecified atom stereocenters. The van der Waals surface area contributed by atoms with Crippen molar-refractivity contribution in [2.24, 2.45) is 0 Å². The van der Waals surface area contributed by atoms with Crippen molar-refractivity contribution in [1.29, 1.82) is 0 Å². The predicted molar refractivity (Wildman–Crippen MR) is 82.6 cm³/mol. The normalized spacial score (nSPS) is 10.5. The second-order valence-electron chi connectivity index (χ2n) is 4.96. The number of rotatable bonds is 4. The van der Waals surface area contributed by atoms with Crippen molar-refractivity contribution >= 4 is 0 Å². The SMILES string of the molecule is Fc1cc(F)cc(-c2cccc(OCc3ccccc3)c2)c1. The first-order chi connectivity index (χ1) is 10.7. The summed E-state index contributed by atoms with van der Waals surface area (Å²) in [4.78, 5) is 0. The van der Waals surface area contributed by atoms with E-state index in [0.29, 0.717) is 23.5 Å². The predicted octanol–water partition coefficient (Wildman–Crippen LogP) is 5.21. The standard InChI is InChI=1S/C19H14F2O/c20-17-9-16(10-18(21)12-17)15-7-4-8-19(11-15)22-13-14-5-2-1-3-6-14/h1-12H,13H2. The molecule has 3 aromatic carbocycles. The van der Waals surface area contributed by atoms with E-state index < -0.39 is 11.6 Å². The van der Waals surface area contributed by atoms with Gasteiger partial charge < -0.3 is 4.74 Å². The van der Waals surface area contributed by atoms with Crippen LogP contribution in [0.4, 0.5) is 8.78 Å². The van der Waals surface area contributed by atoms with Gasteiger partial charge in [0.1, 0.15) is 24.0 Å². The van der Waals surface area contributed by atoms with Crippen LogP contribution in [0.25, 0.3) is 11.1 Å². The molecule has 0 saturated carbocycles. The lowest BCUT2D eigenvalue weighted by Crippen LogP contribution is -1.95. The molecule has 0 spiro atoms. The highest BCUT2D eigenvalue weighted by atomic mass is 19.1. The van der Waals surface area contributed by atoms with Crippen LogP contribution in [0.2, 0.25) is 0 Å². The Kier molecular flexibility index (Phi) is 4.15. The molecule has 0 aliphatic rings. The Morgan fingerprint density at radius 3 is 2.14 bits per heavy atom. The van der Waals surface area contributed by atoms with Gasteiger partial charge in [-0.1, -0.05) is 42.5 Å². The van der Waals surface area contributed by atoms with Gasteiger partial charge in [0.15, 0.2) is 0 Å². The fourth-order valence-electron chi connectivity index (χ4n) is 2.23. The summed E-state index contributed by atoms with van der Waals surface area (Å²) in [6, 6.07) is 20.5. The van der Waals surface area contributed by atoms with Crippen LogP contribution in [0, 0.1) is 11.6 Å². The molecule has 0 atom stereocenters. The van der Waals surface area contributed by atoms with Crippen LogP contribution in [0.5, 0.6) is 5.75 Å². The molecule has 0 aliphatic heterocycles. The molecule has 3 heteroatoms. The van der Waals surface area contributed by atoms with E-state index in [9.17, 15) is 8.78 Å². The van der Waals surface area contributed by atoms with Crippen LogP contribution in [0.3, 0.4) is 0 Å². The summed E-state index contributed by atoms with van der Waals surface area (Å²) in [5, 5.41) is 0. The van der Waals surface area contributed by atoms with Crippen LogP contribution >= 0.6 is 0 Å². The molecule has 1 nitrogen and oxygen atoms in total. The monoisotopic (exact) mass is 296 g/mol.